The van der Waals surface area contributed by atoms with Crippen LogP contribution in [0.25, 0.3) is 0 Å². The second-order valence-electron chi connectivity index (χ2n) is 9.77. The number of benzene rings is 3. The minimum Gasteiger partial charge on any atom is -0.348 e. The van der Waals surface area contributed by atoms with Crippen molar-refractivity contribution in [2.45, 2.75) is 44.3 Å². The summed E-state index contributed by atoms with van der Waals surface area (Å²) in [7, 11) is 0. The Labute approximate surface area is 228 Å². The molecule has 1 unspecified atom stereocenters. The molecule has 0 radical (unpaired) electrons. The molecular weight excluding hydrogens is 502 g/mol. The Morgan fingerprint density at radius 2 is 1.62 bits per heavy atom. The summed E-state index contributed by atoms with van der Waals surface area (Å²) in [5, 5.41) is 3.67. The summed E-state index contributed by atoms with van der Waals surface area (Å²) in [6, 6.07) is 23.7. The van der Waals surface area contributed by atoms with Gasteiger partial charge in [0.25, 0.3) is 5.91 Å². The number of halogens is 1. The predicted molar refractivity (Wildman–Crippen MR) is 150 cm³/mol. The van der Waals surface area contributed by atoms with Gasteiger partial charge in [0.05, 0.1) is 5.75 Å². The maximum atomic E-state index is 12.8. The maximum Gasteiger partial charge on any atom is 0.251 e. The standard InChI is InChI=1S/C30H32ClN3O2S/c31-27-13-7-22(8-14-27)20-34-28(35)21-37-30(34)26-11-9-25(10-12-26)29(36)32-18-23-5-4-6-24(17-23)19-33-15-2-1-3-16-33/h4-14,17,30H,1-3,15-16,18-21H2,(H,32,36). The van der Waals surface area contributed by atoms with Crippen molar-refractivity contribution in [1.29, 1.82) is 0 Å². The Balaban J connectivity index is 1.18. The molecule has 3 aromatic carbocycles. The van der Waals surface area contributed by atoms with E-state index in [4.69, 9.17) is 11.6 Å². The predicted octanol–water partition coefficient (Wildman–Crippen LogP) is 6.03. The minimum atomic E-state index is -0.0962. The highest BCUT2D eigenvalue weighted by atomic mass is 35.5. The molecule has 3 aromatic rings. The summed E-state index contributed by atoms with van der Waals surface area (Å²) >= 11 is 7.62. The van der Waals surface area contributed by atoms with Gasteiger partial charge in [-0.15, -0.1) is 11.8 Å². The number of amides is 2. The summed E-state index contributed by atoms with van der Waals surface area (Å²) in [4.78, 5) is 29.8. The van der Waals surface area contributed by atoms with Gasteiger partial charge < -0.3 is 10.2 Å². The van der Waals surface area contributed by atoms with E-state index in [1.165, 1.54) is 37.9 Å². The van der Waals surface area contributed by atoms with E-state index in [1.807, 2.05) is 53.4 Å². The summed E-state index contributed by atoms with van der Waals surface area (Å²) in [6.07, 6.45) is 3.90. The molecule has 5 rings (SSSR count). The van der Waals surface area contributed by atoms with E-state index in [1.54, 1.807) is 11.8 Å². The van der Waals surface area contributed by atoms with E-state index in [0.29, 0.717) is 29.4 Å². The average Bonchev–Trinajstić information content (AvgIpc) is 3.29. The largest absolute Gasteiger partial charge is 0.348 e. The van der Waals surface area contributed by atoms with Crippen LogP contribution in [0.4, 0.5) is 0 Å². The molecule has 0 bridgehead atoms. The van der Waals surface area contributed by atoms with Crippen molar-refractivity contribution in [3.63, 3.8) is 0 Å². The van der Waals surface area contributed by atoms with E-state index in [9.17, 15) is 9.59 Å². The Kier molecular flexibility index (Phi) is 8.49. The maximum absolute atomic E-state index is 12.8. The molecule has 1 atom stereocenters. The second kappa shape index (κ2) is 12.2. The molecule has 7 heteroatoms. The van der Waals surface area contributed by atoms with E-state index >= 15 is 0 Å². The van der Waals surface area contributed by atoms with Gasteiger partial charge in [0.2, 0.25) is 5.91 Å². The first-order chi connectivity index (χ1) is 18.0. The third-order valence-electron chi connectivity index (χ3n) is 6.99. The van der Waals surface area contributed by atoms with E-state index in [-0.39, 0.29) is 17.2 Å². The molecule has 2 heterocycles. The quantitative estimate of drug-likeness (QED) is 0.384. The van der Waals surface area contributed by atoms with Gasteiger partial charge >= 0.3 is 0 Å². The molecule has 2 amide bonds. The molecule has 2 saturated heterocycles. The molecule has 37 heavy (non-hydrogen) atoms. The lowest BCUT2D eigenvalue weighted by Gasteiger charge is -2.26. The van der Waals surface area contributed by atoms with Crippen LogP contribution in [0.5, 0.6) is 0 Å². The minimum absolute atomic E-state index is 0.0667. The zero-order chi connectivity index (χ0) is 25.6. The summed E-state index contributed by atoms with van der Waals surface area (Å²) < 4.78 is 0. The second-order valence-corrected chi connectivity index (χ2v) is 11.3. The lowest BCUT2D eigenvalue weighted by Crippen LogP contribution is -2.29. The number of hydrogen-bond acceptors (Lipinski definition) is 4. The molecule has 0 saturated carbocycles. The first-order valence-corrected chi connectivity index (χ1v) is 14.3. The molecule has 192 valence electrons. The highest BCUT2D eigenvalue weighted by molar-refractivity contribution is 8.00. The van der Waals surface area contributed by atoms with Gasteiger partial charge in [-0.25, -0.2) is 0 Å². The van der Waals surface area contributed by atoms with Crippen molar-refractivity contribution in [1.82, 2.24) is 15.1 Å². The van der Waals surface area contributed by atoms with Gasteiger partial charge in [-0.05, 0) is 72.5 Å². The lowest BCUT2D eigenvalue weighted by atomic mass is 10.1. The van der Waals surface area contributed by atoms with Crippen LogP contribution in [-0.2, 0) is 24.4 Å². The lowest BCUT2D eigenvalue weighted by molar-refractivity contribution is -0.128. The van der Waals surface area contributed by atoms with Gasteiger partial charge in [0, 0.05) is 30.2 Å². The number of nitrogens with zero attached hydrogens (tertiary/aromatic N) is 2. The van der Waals surface area contributed by atoms with Crippen LogP contribution < -0.4 is 5.32 Å². The summed E-state index contributed by atoms with van der Waals surface area (Å²) in [5.41, 5.74) is 5.09. The fourth-order valence-corrected chi connectivity index (χ4v) is 6.30. The smallest absolute Gasteiger partial charge is 0.251 e. The van der Waals surface area contributed by atoms with Crippen molar-refractivity contribution < 1.29 is 9.59 Å². The number of rotatable bonds is 8. The number of hydrogen-bond donors (Lipinski definition) is 1. The zero-order valence-corrected chi connectivity index (χ0v) is 22.4. The van der Waals surface area contributed by atoms with E-state index < -0.39 is 0 Å². The normalized spacial score (nSPS) is 18.2. The van der Waals surface area contributed by atoms with Gasteiger partial charge in [-0.1, -0.05) is 66.6 Å². The Bertz CT molecular complexity index is 1230. The van der Waals surface area contributed by atoms with E-state index in [0.717, 1.165) is 23.2 Å². The van der Waals surface area contributed by atoms with E-state index in [2.05, 4.69) is 34.5 Å². The molecule has 5 nitrogen and oxygen atoms in total. The number of likely N-dealkylation sites (tertiary alicyclic amines) is 1. The van der Waals surface area contributed by atoms with Crippen LogP contribution in [0, 0.1) is 0 Å². The van der Waals surface area contributed by atoms with Crippen LogP contribution in [0.1, 0.15) is 57.2 Å². The molecule has 2 aliphatic rings. The average molecular weight is 534 g/mol. The van der Waals surface area contributed by atoms with Gasteiger partial charge in [-0.3, -0.25) is 14.5 Å². The summed E-state index contributed by atoms with van der Waals surface area (Å²) in [6.45, 7) is 4.34. The van der Waals surface area contributed by atoms with Crippen molar-refractivity contribution in [3.05, 3.63) is 106 Å². The topological polar surface area (TPSA) is 52.7 Å². The molecule has 0 aromatic heterocycles. The Morgan fingerprint density at radius 3 is 2.38 bits per heavy atom. The number of thioether (sulfide) groups is 1. The Hall–Kier alpha value is -2.80. The van der Waals surface area contributed by atoms with Crippen LogP contribution in [0.15, 0.2) is 72.8 Å². The van der Waals surface area contributed by atoms with Gasteiger partial charge in [-0.2, -0.15) is 0 Å². The number of piperidine rings is 1. The zero-order valence-electron chi connectivity index (χ0n) is 20.9. The fourth-order valence-electron chi connectivity index (χ4n) is 4.98. The van der Waals surface area contributed by atoms with Crippen molar-refractivity contribution >= 4 is 35.2 Å². The highest BCUT2D eigenvalue weighted by Crippen LogP contribution is 2.39. The monoisotopic (exact) mass is 533 g/mol. The fraction of sp³-hybridized carbons (Fsp3) is 0.333. The van der Waals surface area contributed by atoms with Crippen LogP contribution in [0.3, 0.4) is 0 Å². The molecule has 0 aliphatic carbocycles. The molecular formula is C30H32ClN3O2S. The third-order valence-corrected chi connectivity index (χ3v) is 8.50. The first kappa shape index (κ1) is 25.8. The number of carbonyl (C=O) groups is 2. The molecule has 1 N–H and O–H groups in total. The molecule has 2 fully saturated rings. The summed E-state index contributed by atoms with van der Waals surface area (Å²) in [5.74, 6) is 0.479. The number of nitrogens with one attached hydrogen (secondary N) is 1. The number of carbonyl (C=O) groups excluding carboxylic acids is 2. The Morgan fingerprint density at radius 1 is 0.892 bits per heavy atom. The van der Waals surface area contributed by atoms with Crippen molar-refractivity contribution in [2.24, 2.45) is 0 Å². The van der Waals surface area contributed by atoms with Crippen molar-refractivity contribution in [2.75, 3.05) is 18.8 Å². The third kappa shape index (κ3) is 6.75. The SMILES string of the molecule is O=C(NCc1cccc(CN2CCCCC2)c1)c1ccc(C2SCC(=O)N2Cc2ccc(Cl)cc2)cc1. The highest BCUT2D eigenvalue weighted by Gasteiger charge is 2.32. The van der Waals surface area contributed by atoms with Gasteiger partial charge in [0.1, 0.15) is 5.37 Å². The van der Waals surface area contributed by atoms with Crippen molar-refractivity contribution in [3.8, 4) is 0 Å². The molecule has 2 aliphatic heterocycles. The first-order valence-electron chi connectivity index (χ1n) is 12.9. The van der Waals surface area contributed by atoms with Crippen LogP contribution >= 0.6 is 23.4 Å². The molecule has 0 spiro atoms. The van der Waals surface area contributed by atoms with Crippen LogP contribution in [-0.4, -0.2) is 40.5 Å². The van der Waals surface area contributed by atoms with Gasteiger partial charge in [0.15, 0.2) is 0 Å². The van der Waals surface area contributed by atoms with Crippen LogP contribution in [0.2, 0.25) is 5.02 Å².